The zero-order valence-electron chi connectivity index (χ0n) is 22.0. The average molecular weight is 539 g/mol. The number of carbonyl (C=O) groups is 3. The van der Waals surface area contributed by atoms with E-state index >= 15 is 0 Å². The molecule has 3 heterocycles. The molecule has 3 fully saturated rings. The highest BCUT2D eigenvalue weighted by atomic mass is 19.1. The number of morpholine rings is 1. The summed E-state index contributed by atoms with van der Waals surface area (Å²) in [6.07, 6.45) is 0.875. The molecule has 208 valence electrons. The number of nitrogens with one attached hydrogen (secondary N) is 2. The molecule has 2 aromatic rings. The van der Waals surface area contributed by atoms with Gasteiger partial charge in [-0.25, -0.2) is 9.18 Å². The van der Waals surface area contributed by atoms with Crippen LogP contribution in [0, 0.1) is 5.82 Å². The second kappa shape index (κ2) is 12.4. The number of amides is 4. The van der Waals surface area contributed by atoms with Crippen molar-refractivity contribution in [3.05, 3.63) is 59.4 Å². The number of rotatable bonds is 4. The summed E-state index contributed by atoms with van der Waals surface area (Å²) < 4.78 is 19.2. The van der Waals surface area contributed by atoms with Crippen molar-refractivity contribution in [2.45, 2.75) is 6.42 Å². The quantitative estimate of drug-likeness (QED) is 0.619. The fourth-order valence-corrected chi connectivity index (χ4v) is 5.19. The Bertz CT molecular complexity index is 1190. The lowest BCUT2D eigenvalue weighted by molar-refractivity contribution is 0.0428. The molecule has 3 aliphatic heterocycles. The van der Waals surface area contributed by atoms with Crippen molar-refractivity contribution < 1.29 is 23.5 Å². The molecule has 11 heteroatoms. The summed E-state index contributed by atoms with van der Waals surface area (Å²) in [5.74, 6) is -1.05. The summed E-state index contributed by atoms with van der Waals surface area (Å²) in [6.45, 7) is 7.41. The van der Waals surface area contributed by atoms with Gasteiger partial charge in [0.25, 0.3) is 11.8 Å². The molecule has 0 radical (unpaired) electrons. The molecule has 0 aliphatic carbocycles. The normalized spacial score (nSPS) is 18.5. The summed E-state index contributed by atoms with van der Waals surface area (Å²) in [6, 6.07) is 10.9. The maximum atomic E-state index is 13.8. The number of piperazine rings is 1. The maximum absolute atomic E-state index is 13.8. The van der Waals surface area contributed by atoms with Gasteiger partial charge in [-0.3, -0.25) is 9.59 Å². The molecule has 3 saturated heterocycles. The van der Waals surface area contributed by atoms with E-state index in [1.807, 2.05) is 20.8 Å². The maximum Gasteiger partial charge on any atom is 0.320 e. The highest BCUT2D eigenvalue weighted by Gasteiger charge is 2.28. The second-order valence-corrected chi connectivity index (χ2v) is 9.95. The topological polar surface area (TPSA) is 97.5 Å². The van der Waals surface area contributed by atoms with Crippen molar-refractivity contribution in [2.24, 2.45) is 0 Å². The minimum absolute atomic E-state index is 0.0189. The van der Waals surface area contributed by atoms with Crippen LogP contribution in [0.5, 0.6) is 0 Å². The molecule has 0 unspecified atom stereocenters. The monoisotopic (exact) mass is 538 g/mol. The molecule has 0 bridgehead atoms. The number of hydrogen-bond donors (Lipinski definition) is 2. The standard InChI is InChI=1S/C28H35FN6O4/c29-23-4-1-3-21(19-23)26(36)31-24-20-22(27(37)33-9-2-7-30-8-10-33)5-6-25(24)32-11-13-34(14-12-32)28(38)35-15-17-39-18-16-35/h1,3-6,19-20,30H,2,7-18H2,(H,31,36). The van der Waals surface area contributed by atoms with Gasteiger partial charge in [-0.2, -0.15) is 0 Å². The Hall–Kier alpha value is -3.70. The minimum atomic E-state index is -0.498. The first-order valence-corrected chi connectivity index (χ1v) is 13.6. The predicted molar refractivity (Wildman–Crippen MR) is 146 cm³/mol. The first-order chi connectivity index (χ1) is 19.0. The molecule has 0 spiro atoms. The molecule has 0 atom stereocenters. The third-order valence-electron chi connectivity index (χ3n) is 7.38. The lowest BCUT2D eigenvalue weighted by Crippen LogP contribution is -2.54. The number of anilines is 2. The average Bonchev–Trinajstić information content (AvgIpc) is 3.27. The van der Waals surface area contributed by atoms with Crippen LogP contribution in [0.3, 0.4) is 0 Å². The van der Waals surface area contributed by atoms with Gasteiger partial charge < -0.3 is 35.0 Å². The smallest absolute Gasteiger partial charge is 0.320 e. The third kappa shape index (κ3) is 6.48. The van der Waals surface area contributed by atoms with E-state index in [0.717, 1.165) is 25.2 Å². The van der Waals surface area contributed by atoms with Crippen LogP contribution in [0.15, 0.2) is 42.5 Å². The van der Waals surface area contributed by atoms with E-state index in [2.05, 4.69) is 15.5 Å². The fraction of sp³-hybridized carbons (Fsp3) is 0.464. The number of nitrogens with zero attached hydrogens (tertiary/aromatic N) is 4. The van der Waals surface area contributed by atoms with Gasteiger partial charge >= 0.3 is 6.03 Å². The van der Waals surface area contributed by atoms with Crippen molar-refractivity contribution in [1.29, 1.82) is 0 Å². The van der Waals surface area contributed by atoms with Gasteiger partial charge in [-0.15, -0.1) is 0 Å². The second-order valence-electron chi connectivity index (χ2n) is 9.95. The van der Waals surface area contributed by atoms with Crippen LogP contribution < -0.4 is 15.5 Å². The van der Waals surface area contributed by atoms with Crippen LogP contribution in [-0.4, -0.2) is 111 Å². The van der Waals surface area contributed by atoms with E-state index in [9.17, 15) is 18.8 Å². The number of ether oxygens (including phenoxy) is 1. The molecule has 4 amide bonds. The van der Waals surface area contributed by atoms with Crippen LogP contribution in [0.1, 0.15) is 27.1 Å². The summed E-state index contributed by atoms with van der Waals surface area (Å²) >= 11 is 0. The van der Waals surface area contributed by atoms with E-state index in [-0.39, 0.29) is 17.5 Å². The Kier molecular flexibility index (Phi) is 8.58. The van der Waals surface area contributed by atoms with E-state index in [1.165, 1.54) is 18.2 Å². The van der Waals surface area contributed by atoms with Crippen molar-refractivity contribution >= 4 is 29.2 Å². The Balaban J connectivity index is 1.35. The molecule has 2 aromatic carbocycles. The summed E-state index contributed by atoms with van der Waals surface area (Å²) in [7, 11) is 0. The molecular formula is C28H35FN6O4. The van der Waals surface area contributed by atoms with Crippen LogP contribution in [0.2, 0.25) is 0 Å². The van der Waals surface area contributed by atoms with Crippen molar-refractivity contribution in [3.8, 4) is 0 Å². The van der Waals surface area contributed by atoms with E-state index < -0.39 is 11.7 Å². The van der Waals surface area contributed by atoms with Crippen molar-refractivity contribution in [3.63, 3.8) is 0 Å². The van der Waals surface area contributed by atoms with Gasteiger partial charge in [0.1, 0.15) is 5.82 Å². The van der Waals surface area contributed by atoms with Crippen LogP contribution in [-0.2, 0) is 4.74 Å². The Morgan fingerprint density at radius 1 is 0.795 bits per heavy atom. The summed E-state index contributed by atoms with van der Waals surface area (Å²) in [4.78, 5) is 46.9. The summed E-state index contributed by atoms with van der Waals surface area (Å²) in [5, 5.41) is 6.22. The Morgan fingerprint density at radius 3 is 2.33 bits per heavy atom. The third-order valence-corrected chi connectivity index (χ3v) is 7.38. The number of urea groups is 1. The number of carbonyl (C=O) groups excluding carboxylic acids is 3. The Labute approximate surface area is 227 Å². The molecule has 39 heavy (non-hydrogen) atoms. The molecule has 5 rings (SSSR count). The van der Waals surface area contributed by atoms with E-state index in [0.29, 0.717) is 76.8 Å². The number of benzene rings is 2. The van der Waals surface area contributed by atoms with Gasteiger partial charge in [-0.05, 0) is 49.4 Å². The van der Waals surface area contributed by atoms with Crippen molar-refractivity contribution in [1.82, 2.24) is 20.0 Å². The molecule has 0 saturated carbocycles. The largest absolute Gasteiger partial charge is 0.378 e. The zero-order valence-corrected chi connectivity index (χ0v) is 22.0. The van der Waals surface area contributed by atoms with E-state index in [4.69, 9.17) is 4.74 Å². The van der Waals surface area contributed by atoms with Gasteiger partial charge in [0.15, 0.2) is 0 Å². The molecule has 10 nitrogen and oxygen atoms in total. The fourth-order valence-electron chi connectivity index (χ4n) is 5.19. The van der Waals surface area contributed by atoms with Crippen LogP contribution in [0.25, 0.3) is 0 Å². The summed E-state index contributed by atoms with van der Waals surface area (Å²) in [5.41, 5.74) is 1.91. The Morgan fingerprint density at radius 2 is 1.56 bits per heavy atom. The van der Waals surface area contributed by atoms with Gasteiger partial charge in [0.05, 0.1) is 24.6 Å². The SMILES string of the molecule is O=C(Nc1cc(C(=O)N2CCCNCC2)ccc1N1CCN(C(=O)N2CCOCC2)CC1)c1cccc(F)c1. The van der Waals surface area contributed by atoms with Crippen molar-refractivity contribution in [2.75, 3.05) is 88.9 Å². The van der Waals surface area contributed by atoms with Gasteiger partial charge in [0.2, 0.25) is 0 Å². The molecule has 3 aliphatic rings. The molecular weight excluding hydrogens is 503 g/mol. The first kappa shape index (κ1) is 26.9. The lowest BCUT2D eigenvalue weighted by atomic mass is 10.1. The number of hydrogen-bond acceptors (Lipinski definition) is 6. The predicted octanol–water partition coefficient (Wildman–Crippen LogP) is 2.09. The lowest BCUT2D eigenvalue weighted by Gasteiger charge is -2.39. The molecule has 0 aromatic heterocycles. The zero-order chi connectivity index (χ0) is 27.2. The molecule has 2 N–H and O–H groups in total. The van der Waals surface area contributed by atoms with Gasteiger partial charge in [-0.1, -0.05) is 6.07 Å². The first-order valence-electron chi connectivity index (χ1n) is 13.6. The highest BCUT2D eigenvalue weighted by Crippen LogP contribution is 2.30. The van der Waals surface area contributed by atoms with Crippen LogP contribution in [0.4, 0.5) is 20.6 Å². The van der Waals surface area contributed by atoms with Crippen LogP contribution >= 0.6 is 0 Å². The van der Waals surface area contributed by atoms with E-state index in [1.54, 1.807) is 18.2 Å². The number of halogens is 1. The highest BCUT2D eigenvalue weighted by molar-refractivity contribution is 6.07. The van der Waals surface area contributed by atoms with Gasteiger partial charge in [0, 0.05) is 70.0 Å². The minimum Gasteiger partial charge on any atom is -0.378 e.